The van der Waals surface area contributed by atoms with Gasteiger partial charge in [0.15, 0.2) is 0 Å². The second-order valence-corrected chi connectivity index (χ2v) is 4.52. The first-order valence-corrected chi connectivity index (χ1v) is 5.77. The Balaban J connectivity index is 2.89. The van der Waals surface area contributed by atoms with Crippen molar-refractivity contribution in [3.05, 3.63) is 29.8 Å². The van der Waals surface area contributed by atoms with Crippen LogP contribution in [0.25, 0.3) is 0 Å². The Hall–Kier alpha value is -1.24. The molecule has 0 N–H and O–H groups in total. The molecule has 1 aromatic carbocycles. The van der Waals surface area contributed by atoms with Crippen LogP contribution in [0.3, 0.4) is 0 Å². The van der Waals surface area contributed by atoms with Crippen molar-refractivity contribution in [2.45, 2.75) is 18.9 Å². The number of benzene rings is 1. The first-order chi connectivity index (χ1) is 7.26. The van der Waals surface area contributed by atoms with Gasteiger partial charge < -0.3 is 4.18 Å². The predicted octanol–water partition coefficient (Wildman–Crippen LogP) is 2.48. The standard InChI is InChI=1S/C9H9F3O3S/c1-2-7-3-5-8(6-4-7)15-16(13,14)9(10,11)12/h3-6H,2H2,1H3. The van der Waals surface area contributed by atoms with Gasteiger partial charge in [0.1, 0.15) is 5.75 Å². The van der Waals surface area contributed by atoms with E-state index in [1.807, 2.05) is 6.92 Å². The summed E-state index contributed by atoms with van der Waals surface area (Å²) in [6.07, 6.45) is 0.701. The predicted molar refractivity (Wildman–Crippen MR) is 51.4 cm³/mol. The van der Waals surface area contributed by atoms with E-state index < -0.39 is 15.6 Å². The van der Waals surface area contributed by atoms with Crippen LogP contribution in [0.5, 0.6) is 5.75 Å². The maximum atomic E-state index is 12.0. The van der Waals surface area contributed by atoms with Gasteiger partial charge in [-0.3, -0.25) is 0 Å². The fourth-order valence-electron chi connectivity index (χ4n) is 0.955. The highest BCUT2D eigenvalue weighted by Crippen LogP contribution is 2.26. The van der Waals surface area contributed by atoms with E-state index in [1.165, 1.54) is 24.3 Å². The van der Waals surface area contributed by atoms with E-state index in [9.17, 15) is 21.6 Å². The van der Waals surface area contributed by atoms with Crippen LogP contribution in [0.1, 0.15) is 12.5 Å². The highest BCUT2D eigenvalue weighted by Gasteiger charge is 2.48. The van der Waals surface area contributed by atoms with Crippen molar-refractivity contribution in [2.24, 2.45) is 0 Å². The third-order valence-electron chi connectivity index (χ3n) is 1.82. The fraction of sp³-hybridized carbons (Fsp3) is 0.333. The molecule has 0 amide bonds. The summed E-state index contributed by atoms with van der Waals surface area (Å²) in [5, 5.41) is 0. The number of rotatable bonds is 3. The molecule has 0 unspecified atom stereocenters. The summed E-state index contributed by atoms with van der Waals surface area (Å²) >= 11 is 0. The molecule has 0 radical (unpaired) electrons. The van der Waals surface area contributed by atoms with Crippen molar-refractivity contribution in [3.8, 4) is 5.75 Å². The summed E-state index contributed by atoms with van der Waals surface area (Å²) < 4.78 is 61.0. The molecular formula is C9H9F3O3S. The van der Waals surface area contributed by atoms with E-state index in [-0.39, 0.29) is 5.75 Å². The second-order valence-electron chi connectivity index (χ2n) is 2.98. The lowest BCUT2D eigenvalue weighted by molar-refractivity contribution is -0.0500. The van der Waals surface area contributed by atoms with E-state index in [1.54, 1.807) is 0 Å². The minimum absolute atomic E-state index is 0.352. The maximum Gasteiger partial charge on any atom is 0.534 e. The van der Waals surface area contributed by atoms with Gasteiger partial charge >= 0.3 is 15.6 Å². The van der Waals surface area contributed by atoms with Crippen LogP contribution >= 0.6 is 0 Å². The van der Waals surface area contributed by atoms with Crippen LogP contribution in [0.2, 0.25) is 0 Å². The molecule has 1 rings (SSSR count). The number of aryl methyl sites for hydroxylation is 1. The van der Waals surface area contributed by atoms with Gasteiger partial charge in [0.2, 0.25) is 0 Å². The monoisotopic (exact) mass is 254 g/mol. The molecule has 0 spiro atoms. The second kappa shape index (κ2) is 4.32. The van der Waals surface area contributed by atoms with Gasteiger partial charge in [-0.2, -0.15) is 21.6 Å². The topological polar surface area (TPSA) is 43.4 Å². The van der Waals surface area contributed by atoms with E-state index in [0.29, 0.717) is 6.42 Å². The molecule has 0 saturated carbocycles. The van der Waals surface area contributed by atoms with Gasteiger partial charge in [0, 0.05) is 0 Å². The number of hydrogen-bond donors (Lipinski definition) is 0. The molecule has 0 fully saturated rings. The lowest BCUT2D eigenvalue weighted by atomic mass is 10.2. The Morgan fingerprint density at radius 2 is 1.69 bits per heavy atom. The minimum Gasteiger partial charge on any atom is -0.376 e. The molecule has 0 bridgehead atoms. The summed E-state index contributed by atoms with van der Waals surface area (Å²) in [7, 11) is -5.57. The molecule has 1 aromatic rings. The molecule has 0 aliphatic carbocycles. The first-order valence-electron chi connectivity index (χ1n) is 4.36. The third kappa shape index (κ3) is 2.88. The molecule has 90 valence electrons. The number of halogens is 3. The van der Waals surface area contributed by atoms with Gasteiger partial charge in [-0.25, -0.2) is 0 Å². The average molecular weight is 254 g/mol. The SMILES string of the molecule is CCc1ccc(OS(=O)(=O)C(F)(F)F)cc1. The van der Waals surface area contributed by atoms with Gasteiger partial charge in [-0.15, -0.1) is 0 Å². The van der Waals surface area contributed by atoms with Crippen LogP contribution in [-0.2, 0) is 16.5 Å². The van der Waals surface area contributed by atoms with E-state index in [0.717, 1.165) is 5.56 Å². The lowest BCUT2D eigenvalue weighted by Gasteiger charge is -2.09. The molecule has 0 saturated heterocycles. The maximum absolute atomic E-state index is 12.0. The molecule has 7 heteroatoms. The highest BCUT2D eigenvalue weighted by atomic mass is 32.2. The number of alkyl halides is 3. The smallest absolute Gasteiger partial charge is 0.376 e. The fourth-order valence-corrected chi connectivity index (χ4v) is 1.41. The molecule has 16 heavy (non-hydrogen) atoms. The Morgan fingerprint density at radius 1 is 1.19 bits per heavy atom. The minimum atomic E-state index is -5.57. The zero-order valence-corrected chi connectivity index (χ0v) is 9.10. The molecular weight excluding hydrogens is 245 g/mol. The highest BCUT2D eigenvalue weighted by molar-refractivity contribution is 7.87. The number of hydrogen-bond acceptors (Lipinski definition) is 3. The zero-order valence-electron chi connectivity index (χ0n) is 8.28. The summed E-state index contributed by atoms with van der Waals surface area (Å²) in [6, 6.07) is 5.37. The van der Waals surface area contributed by atoms with E-state index in [2.05, 4.69) is 4.18 Å². The Morgan fingerprint density at radius 3 is 2.06 bits per heavy atom. The largest absolute Gasteiger partial charge is 0.534 e. The van der Waals surface area contributed by atoms with Crippen molar-refractivity contribution in [2.75, 3.05) is 0 Å². The third-order valence-corrected chi connectivity index (χ3v) is 2.80. The van der Waals surface area contributed by atoms with Crippen molar-refractivity contribution < 1.29 is 25.8 Å². The Bertz CT molecular complexity index is 448. The Labute approximate surface area is 91.0 Å². The van der Waals surface area contributed by atoms with Crippen molar-refractivity contribution in [3.63, 3.8) is 0 Å². The molecule has 0 aliphatic heterocycles. The van der Waals surface area contributed by atoms with Crippen LogP contribution < -0.4 is 4.18 Å². The normalized spacial score (nSPS) is 12.5. The lowest BCUT2D eigenvalue weighted by Crippen LogP contribution is -2.28. The van der Waals surface area contributed by atoms with Gasteiger partial charge in [-0.05, 0) is 24.1 Å². The average Bonchev–Trinajstić information content (AvgIpc) is 2.16. The van der Waals surface area contributed by atoms with Crippen LogP contribution in [0.15, 0.2) is 24.3 Å². The van der Waals surface area contributed by atoms with Crippen molar-refractivity contribution in [1.29, 1.82) is 0 Å². The summed E-state index contributed by atoms with van der Waals surface area (Å²) in [4.78, 5) is 0. The van der Waals surface area contributed by atoms with E-state index >= 15 is 0 Å². The summed E-state index contributed by atoms with van der Waals surface area (Å²) in [5.41, 5.74) is -4.53. The Kier molecular flexibility index (Phi) is 3.47. The summed E-state index contributed by atoms with van der Waals surface area (Å²) in [6.45, 7) is 1.86. The van der Waals surface area contributed by atoms with Crippen molar-refractivity contribution in [1.82, 2.24) is 0 Å². The van der Waals surface area contributed by atoms with Crippen LogP contribution in [0, 0.1) is 0 Å². The van der Waals surface area contributed by atoms with Crippen LogP contribution in [-0.4, -0.2) is 13.9 Å². The van der Waals surface area contributed by atoms with Crippen LogP contribution in [0.4, 0.5) is 13.2 Å². The molecule has 0 atom stereocenters. The first kappa shape index (κ1) is 12.8. The van der Waals surface area contributed by atoms with Crippen molar-refractivity contribution >= 4 is 10.1 Å². The van der Waals surface area contributed by atoms with E-state index in [4.69, 9.17) is 0 Å². The zero-order chi connectivity index (χ0) is 12.4. The molecule has 0 aromatic heterocycles. The van der Waals surface area contributed by atoms with Gasteiger partial charge in [0.25, 0.3) is 0 Å². The quantitative estimate of drug-likeness (QED) is 0.614. The van der Waals surface area contributed by atoms with Gasteiger partial charge in [-0.1, -0.05) is 19.1 Å². The summed E-state index contributed by atoms with van der Waals surface area (Å²) in [5.74, 6) is -0.352. The molecule has 0 heterocycles. The van der Waals surface area contributed by atoms with Gasteiger partial charge in [0.05, 0.1) is 0 Å². The molecule has 3 nitrogen and oxygen atoms in total. The molecule has 0 aliphatic rings.